The van der Waals surface area contributed by atoms with Gasteiger partial charge < -0.3 is 16.0 Å². The number of nitrogens with one attached hydrogen (secondary N) is 3. The minimum absolute atomic E-state index is 0.0230. The zero-order chi connectivity index (χ0) is 15.2. The molecule has 0 bridgehead atoms. The molecule has 0 aromatic rings. The van der Waals surface area contributed by atoms with E-state index in [9.17, 15) is 9.59 Å². The largest absolute Gasteiger partial charge is 0.355 e. The third-order valence-electron chi connectivity index (χ3n) is 3.78. The third-order valence-corrected chi connectivity index (χ3v) is 3.78. The molecule has 20 heavy (non-hydrogen) atoms. The lowest BCUT2D eigenvalue weighted by molar-refractivity contribution is -0.132. The standard InChI is InChI=1S/C15H29N3O2/c1-5-15(8-6-9-16-11-15)13(20)17-10-7-12(19)18-14(2,3)4/h16H,5-11H2,1-4H3,(H,17,20)(H,18,19). The minimum atomic E-state index is -0.293. The molecule has 5 heteroatoms. The molecular weight excluding hydrogens is 254 g/mol. The lowest BCUT2D eigenvalue weighted by Crippen LogP contribution is -2.50. The zero-order valence-electron chi connectivity index (χ0n) is 13.3. The van der Waals surface area contributed by atoms with Crippen LogP contribution in [0.2, 0.25) is 0 Å². The molecule has 1 unspecified atom stereocenters. The van der Waals surface area contributed by atoms with Crippen molar-refractivity contribution in [1.29, 1.82) is 0 Å². The van der Waals surface area contributed by atoms with Gasteiger partial charge in [0, 0.05) is 25.0 Å². The first-order valence-corrected chi connectivity index (χ1v) is 7.59. The molecule has 0 aromatic heterocycles. The van der Waals surface area contributed by atoms with Crippen LogP contribution in [0.4, 0.5) is 0 Å². The lowest BCUT2D eigenvalue weighted by atomic mass is 9.77. The molecule has 2 amide bonds. The van der Waals surface area contributed by atoms with Gasteiger partial charge in [-0.2, -0.15) is 0 Å². The normalized spacial score (nSPS) is 23.2. The summed E-state index contributed by atoms with van der Waals surface area (Å²) in [6, 6.07) is 0. The summed E-state index contributed by atoms with van der Waals surface area (Å²) in [4.78, 5) is 24.0. The highest BCUT2D eigenvalue weighted by molar-refractivity contribution is 5.84. The molecule has 1 fully saturated rings. The summed E-state index contributed by atoms with van der Waals surface area (Å²) in [5, 5.41) is 9.11. The first-order chi connectivity index (χ1) is 9.29. The Morgan fingerprint density at radius 1 is 1.30 bits per heavy atom. The molecule has 0 radical (unpaired) electrons. The maximum absolute atomic E-state index is 12.3. The van der Waals surface area contributed by atoms with Crippen molar-refractivity contribution in [3.8, 4) is 0 Å². The third kappa shape index (κ3) is 5.12. The van der Waals surface area contributed by atoms with Gasteiger partial charge in [0.15, 0.2) is 0 Å². The van der Waals surface area contributed by atoms with Gasteiger partial charge in [-0.25, -0.2) is 0 Å². The molecule has 1 aliphatic heterocycles. The SMILES string of the molecule is CCC1(C(=O)NCCC(=O)NC(C)(C)C)CCCNC1. The number of hydrogen-bond donors (Lipinski definition) is 3. The van der Waals surface area contributed by atoms with Gasteiger partial charge in [0.1, 0.15) is 0 Å². The van der Waals surface area contributed by atoms with Crippen LogP contribution >= 0.6 is 0 Å². The Morgan fingerprint density at radius 3 is 2.50 bits per heavy atom. The maximum Gasteiger partial charge on any atom is 0.227 e. The Hall–Kier alpha value is -1.10. The van der Waals surface area contributed by atoms with Gasteiger partial charge in [-0.3, -0.25) is 9.59 Å². The van der Waals surface area contributed by atoms with Crippen LogP contribution in [0.5, 0.6) is 0 Å². The number of hydrogen-bond acceptors (Lipinski definition) is 3. The number of carbonyl (C=O) groups excluding carboxylic acids is 2. The molecule has 0 aromatic carbocycles. The summed E-state index contributed by atoms with van der Waals surface area (Å²) in [6.07, 6.45) is 3.12. The Morgan fingerprint density at radius 2 is 2.00 bits per heavy atom. The predicted octanol–water partition coefficient (Wildman–Crippen LogP) is 1.19. The van der Waals surface area contributed by atoms with Gasteiger partial charge in [-0.15, -0.1) is 0 Å². The van der Waals surface area contributed by atoms with Gasteiger partial charge in [0.25, 0.3) is 0 Å². The van der Waals surface area contributed by atoms with Crippen molar-refractivity contribution in [3.05, 3.63) is 0 Å². The Labute approximate surface area is 122 Å². The second-order valence-electron chi connectivity index (χ2n) is 6.72. The molecule has 0 spiro atoms. The molecule has 116 valence electrons. The summed E-state index contributed by atoms with van der Waals surface area (Å²) in [7, 11) is 0. The molecule has 3 N–H and O–H groups in total. The molecule has 0 aliphatic carbocycles. The van der Waals surface area contributed by atoms with Crippen LogP contribution < -0.4 is 16.0 Å². The first kappa shape index (κ1) is 17.0. The van der Waals surface area contributed by atoms with E-state index in [-0.39, 0.29) is 22.8 Å². The second-order valence-corrected chi connectivity index (χ2v) is 6.72. The summed E-state index contributed by atoms with van der Waals surface area (Å²) in [6.45, 7) is 10.0. The van der Waals surface area contributed by atoms with Gasteiger partial charge in [-0.05, 0) is 46.6 Å². The second kappa shape index (κ2) is 7.07. The van der Waals surface area contributed by atoms with Crippen LogP contribution in [0.1, 0.15) is 53.4 Å². The number of rotatable bonds is 5. The minimum Gasteiger partial charge on any atom is -0.355 e. The summed E-state index contributed by atoms with van der Waals surface area (Å²) >= 11 is 0. The van der Waals surface area contributed by atoms with Crippen molar-refractivity contribution >= 4 is 11.8 Å². The number of piperidine rings is 1. The topological polar surface area (TPSA) is 70.2 Å². The van der Waals surface area contributed by atoms with E-state index in [1.807, 2.05) is 20.8 Å². The van der Waals surface area contributed by atoms with Crippen molar-refractivity contribution < 1.29 is 9.59 Å². The lowest BCUT2D eigenvalue weighted by Gasteiger charge is -2.35. The zero-order valence-corrected chi connectivity index (χ0v) is 13.3. The summed E-state index contributed by atoms with van der Waals surface area (Å²) in [5.41, 5.74) is -0.516. The summed E-state index contributed by atoms with van der Waals surface area (Å²) in [5.74, 6) is 0.0564. The smallest absolute Gasteiger partial charge is 0.227 e. The highest BCUT2D eigenvalue weighted by Crippen LogP contribution is 2.30. The van der Waals surface area contributed by atoms with Crippen LogP contribution in [0, 0.1) is 5.41 Å². The highest BCUT2D eigenvalue weighted by Gasteiger charge is 2.37. The average molecular weight is 283 g/mol. The van der Waals surface area contributed by atoms with Crippen LogP contribution in [0.3, 0.4) is 0 Å². The van der Waals surface area contributed by atoms with Gasteiger partial charge in [-0.1, -0.05) is 6.92 Å². The van der Waals surface area contributed by atoms with E-state index < -0.39 is 0 Å². The number of carbonyl (C=O) groups is 2. The van der Waals surface area contributed by atoms with Crippen LogP contribution in [-0.2, 0) is 9.59 Å². The van der Waals surface area contributed by atoms with Crippen LogP contribution in [0.25, 0.3) is 0 Å². The van der Waals surface area contributed by atoms with E-state index >= 15 is 0 Å². The maximum atomic E-state index is 12.3. The van der Waals surface area contributed by atoms with Gasteiger partial charge in [0.05, 0.1) is 5.41 Å². The molecule has 1 heterocycles. The quantitative estimate of drug-likeness (QED) is 0.710. The molecule has 1 saturated heterocycles. The van der Waals surface area contributed by atoms with E-state index in [4.69, 9.17) is 0 Å². The number of amides is 2. The fourth-order valence-corrected chi connectivity index (χ4v) is 2.58. The van der Waals surface area contributed by atoms with Crippen LogP contribution in [0.15, 0.2) is 0 Å². The van der Waals surface area contributed by atoms with Crippen molar-refractivity contribution in [1.82, 2.24) is 16.0 Å². The van der Waals surface area contributed by atoms with E-state index in [2.05, 4.69) is 22.9 Å². The van der Waals surface area contributed by atoms with Crippen LogP contribution in [-0.4, -0.2) is 37.0 Å². The van der Waals surface area contributed by atoms with Crippen molar-refractivity contribution in [2.75, 3.05) is 19.6 Å². The Balaban J connectivity index is 2.37. The Bertz CT molecular complexity index is 342. The predicted molar refractivity (Wildman–Crippen MR) is 80.4 cm³/mol. The van der Waals surface area contributed by atoms with E-state index in [0.717, 1.165) is 32.4 Å². The molecule has 0 saturated carbocycles. The van der Waals surface area contributed by atoms with E-state index in [1.165, 1.54) is 0 Å². The van der Waals surface area contributed by atoms with E-state index in [1.54, 1.807) is 0 Å². The Kier molecular flexibility index (Phi) is 5.99. The van der Waals surface area contributed by atoms with E-state index in [0.29, 0.717) is 13.0 Å². The van der Waals surface area contributed by atoms with Gasteiger partial charge >= 0.3 is 0 Å². The summed E-state index contributed by atoms with van der Waals surface area (Å²) < 4.78 is 0. The molecule has 5 nitrogen and oxygen atoms in total. The van der Waals surface area contributed by atoms with Crippen molar-refractivity contribution in [2.24, 2.45) is 5.41 Å². The molecule has 1 aliphatic rings. The molecule has 1 atom stereocenters. The van der Waals surface area contributed by atoms with Crippen molar-refractivity contribution in [2.45, 2.75) is 58.9 Å². The van der Waals surface area contributed by atoms with Crippen molar-refractivity contribution in [3.63, 3.8) is 0 Å². The fraction of sp³-hybridized carbons (Fsp3) is 0.867. The fourth-order valence-electron chi connectivity index (χ4n) is 2.58. The highest BCUT2D eigenvalue weighted by atomic mass is 16.2. The monoisotopic (exact) mass is 283 g/mol. The molecule has 1 rings (SSSR count). The van der Waals surface area contributed by atoms with Gasteiger partial charge in [0.2, 0.25) is 11.8 Å². The first-order valence-electron chi connectivity index (χ1n) is 7.59. The average Bonchev–Trinajstić information content (AvgIpc) is 2.37. The molecular formula is C15H29N3O2.